The Hall–Kier alpha value is -4.47. The number of hydrogen-bond acceptors (Lipinski definition) is 3. The van der Waals surface area contributed by atoms with Gasteiger partial charge in [-0.25, -0.2) is 4.99 Å². The summed E-state index contributed by atoms with van der Waals surface area (Å²) in [5, 5.41) is 0. The maximum atomic E-state index is 7.51. The van der Waals surface area contributed by atoms with Crippen LogP contribution >= 0.6 is 0 Å². The van der Waals surface area contributed by atoms with Crippen LogP contribution in [-0.4, -0.2) is 16.9 Å². The minimum Gasteiger partial charge on any atom is -0.311 e. The van der Waals surface area contributed by atoms with Gasteiger partial charge in [-0.1, -0.05) is 156 Å². The fourth-order valence-electron chi connectivity index (χ4n) is 11.1. The first-order valence-electron chi connectivity index (χ1n) is 19.1. The van der Waals surface area contributed by atoms with Gasteiger partial charge in [0, 0.05) is 11.3 Å². The van der Waals surface area contributed by atoms with E-state index in [1.165, 1.54) is 55.7 Å². The molecule has 1 heterocycles. The molecule has 7 aliphatic rings. The average Bonchev–Trinajstić information content (AvgIpc) is 3.60. The van der Waals surface area contributed by atoms with Crippen LogP contribution in [0.3, 0.4) is 0 Å². The van der Waals surface area contributed by atoms with Crippen molar-refractivity contribution in [3.63, 3.8) is 0 Å². The third kappa shape index (κ3) is 4.19. The zero-order valence-electron chi connectivity index (χ0n) is 30.9. The van der Waals surface area contributed by atoms with Crippen molar-refractivity contribution in [3.8, 4) is 0 Å². The summed E-state index contributed by atoms with van der Waals surface area (Å²) < 4.78 is 0. The zero-order chi connectivity index (χ0) is 35.0. The maximum Gasteiger partial charge on any atom is 0.151 e. The molecule has 0 spiro atoms. The first-order valence-corrected chi connectivity index (χ1v) is 19.1. The topological polar surface area (TPSA) is 41.6 Å². The van der Waals surface area contributed by atoms with Crippen LogP contribution < -0.4 is 5.73 Å². The monoisotopic (exact) mass is 667 g/mol. The third-order valence-electron chi connectivity index (χ3n) is 14.1. The van der Waals surface area contributed by atoms with Gasteiger partial charge in [0.15, 0.2) is 6.17 Å². The van der Waals surface area contributed by atoms with Crippen molar-refractivity contribution in [2.75, 3.05) is 0 Å². The Kier molecular flexibility index (Phi) is 6.47. The highest BCUT2D eigenvalue weighted by Gasteiger charge is 2.49. The van der Waals surface area contributed by atoms with E-state index >= 15 is 0 Å². The highest BCUT2D eigenvalue weighted by Crippen LogP contribution is 2.57. The van der Waals surface area contributed by atoms with E-state index in [9.17, 15) is 0 Å². The van der Waals surface area contributed by atoms with E-state index in [1.54, 1.807) is 5.57 Å². The molecule has 4 unspecified atom stereocenters. The number of benzene rings is 3. The van der Waals surface area contributed by atoms with E-state index in [2.05, 4.69) is 156 Å². The summed E-state index contributed by atoms with van der Waals surface area (Å²) >= 11 is 0. The van der Waals surface area contributed by atoms with Crippen LogP contribution in [0.1, 0.15) is 112 Å². The second-order valence-electron chi connectivity index (χ2n) is 17.7. The largest absolute Gasteiger partial charge is 0.311 e. The number of fused-ring (bicyclic) bond motifs is 8. The van der Waals surface area contributed by atoms with Gasteiger partial charge < -0.3 is 10.6 Å². The lowest BCUT2D eigenvalue weighted by atomic mass is 9.72. The van der Waals surface area contributed by atoms with Gasteiger partial charge >= 0.3 is 0 Å². The van der Waals surface area contributed by atoms with E-state index in [1.807, 2.05) is 0 Å². The van der Waals surface area contributed by atoms with Gasteiger partial charge in [-0.3, -0.25) is 0 Å². The quantitative estimate of drug-likeness (QED) is 0.301. The van der Waals surface area contributed by atoms with Gasteiger partial charge in [0.05, 0.1) is 0 Å². The molecular formula is C48H49N3. The molecule has 2 N–H and O–H groups in total. The minimum absolute atomic E-state index is 0.000706. The Morgan fingerprint density at radius 2 is 1.61 bits per heavy atom. The van der Waals surface area contributed by atoms with E-state index in [0.717, 1.165) is 30.7 Å². The standard InChI is InChI=1S/C48H49N3/c1-46(2)37-16-10-7-13-31(37)34-22-19-28(25-40(34)46)43(49)51-44(29-20-23-35-32-14-8-11-17-38(32)47(3,4)41(35)26-29)50-45(51)30-21-24-36-33-15-9-12-18-39(33)48(5,6)42(36)27-30/h7-9,11-15,17-26,35,41-44H,10,16,27,49H2,1-6H3/t35?,41?,42?,43?,44-/m0/s1. The lowest BCUT2D eigenvalue weighted by Gasteiger charge is -2.47. The second kappa shape index (κ2) is 10.5. The Morgan fingerprint density at radius 3 is 2.45 bits per heavy atom. The van der Waals surface area contributed by atoms with Crippen molar-refractivity contribution in [1.29, 1.82) is 0 Å². The molecule has 10 rings (SSSR count). The van der Waals surface area contributed by atoms with Crippen LogP contribution in [0.15, 0.2) is 131 Å². The van der Waals surface area contributed by atoms with E-state index in [0.29, 0.717) is 17.8 Å². The molecule has 3 nitrogen and oxygen atoms in total. The van der Waals surface area contributed by atoms with Gasteiger partial charge in [-0.15, -0.1) is 0 Å². The van der Waals surface area contributed by atoms with Gasteiger partial charge in [0.1, 0.15) is 12.0 Å². The van der Waals surface area contributed by atoms with Crippen molar-refractivity contribution in [3.05, 3.63) is 165 Å². The van der Waals surface area contributed by atoms with Crippen molar-refractivity contribution in [1.82, 2.24) is 4.90 Å². The fraction of sp³-hybridized carbons (Fsp3) is 0.354. The lowest BCUT2D eigenvalue weighted by Crippen LogP contribution is -2.55. The molecule has 0 saturated heterocycles. The number of nitrogens with two attached hydrogens (primary N) is 1. The number of hydrogen-bond donors (Lipinski definition) is 1. The minimum atomic E-state index is -0.322. The summed E-state index contributed by atoms with van der Waals surface area (Å²) in [6, 6.07) is 25.1. The highest BCUT2D eigenvalue weighted by atomic mass is 15.4. The molecule has 0 fully saturated rings. The Bertz CT molecular complexity index is 2260. The van der Waals surface area contributed by atoms with Crippen LogP contribution in [0.2, 0.25) is 0 Å². The van der Waals surface area contributed by atoms with Crippen LogP contribution in [0.5, 0.6) is 0 Å². The van der Waals surface area contributed by atoms with E-state index in [4.69, 9.17) is 10.7 Å². The Labute approximate surface area is 303 Å². The summed E-state index contributed by atoms with van der Waals surface area (Å²) in [4.78, 5) is 7.95. The molecule has 3 aromatic carbocycles. The SMILES string of the molecule is CC1(C)C2=C(C=CCC2)c2ccc(C(N)N3C(C4=CC=C5c6ccccc6C(C)(C)C5C4)=N[C@@H]3C3=CC4C(C=C3)c3ccccc3C4(C)C)cc21. The second-order valence-corrected chi connectivity index (χ2v) is 17.7. The van der Waals surface area contributed by atoms with Crippen molar-refractivity contribution < 1.29 is 0 Å². The predicted molar refractivity (Wildman–Crippen MR) is 211 cm³/mol. The van der Waals surface area contributed by atoms with Crippen LogP contribution in [0.25, 0.3) is 11.1 Å². The molecule has 3 heteroatoms. The smallest absolute Gasteiger partial charge is 0.151 e. The molecule has 0 aromatic heterocycles. The molecule has 1 aliphatic heterocycles. The number of amidine groups is 1. The first-order chi connectivity index (χ1) is 24.5. The number of rotatable bonds is 4. The number of allylic oxidation sites excluding steroid dienone is 9. The molecule has 0 amide bonds. The molecule has 51 heavy (non-hydrogen) atoms. The molecule has 3 aromatic rings. The maximum absolute atomic E-state index is 7.51. The van der Waals surface area contributed by atoms with Crippen molar-refractivity contribution in [2.45, 2.75) is 95.3 Å². The molecular weight excluding hydrogens is 619 g/mol. The lowest BCUT2D eigenvalue weighted by molar-refractivity contribution is 0.230. The van der Waals surface area contributed by atoms with Gasteiger partial charge in [0.25, 0.3) is 0 Å². The summed E-state index contributed by atoms with van der Waals surface area (Å²) in [6.07, 6.45) is 19.5. The molecule has 6 aliphatic carbocycles. The third-order valence-corrected chi connectivity index (χ3v) is 14.1. The number of nitrogens with zero attached hydrogens (tertiary/aromatic N) is 2. The van der Waals surface area contributed by atoms with E-state index < -0.39 is 0 Å². The molecule has 256 valence electrons. The van der Waals surface area contributed by atoms with Crippen LogP contribution in [-0.2, 0) is 16.2 Å². The normalized spacial score (nSPS) is 28.6. The van der Waals surface area contributed by atoms with Crippen molar-refractivity contribution >= 4 is 17.0 Å². The van der Waals surface area contributed by atoms with Crippen molar-refractivity contribution in [2.24, 2.45) is 22.6 Å². The summed E-state index contributed by atoms with van der Waals surface area (Å²) in [7, 11) is 0. The predicted octanol–water partition coefficient (Wildman–Crippen LogP) is 10.6. The van der Waals surface area contributed by atoms with Crippen LogP contribution in [0, 0.1) is 11.8 Å². The van der Waals surface area contributed by atoms with Gasteiger partial charge in [0.2, 0.25) is 0 Å². The summed E-state index contributed by atoms with van der Waals surface area (Å²) in [5.74, 6) is 2.25. The van der Waals surface area contributed by atoms with Gasteiger partial charge in [-0.05, 0) is 103 Å². The average molecular weight is 668 g/mol. The summed E-state index contributed by atoms with van der Waals surface area (Å²) in [5.41, 5.74) is 24.4. The van der Waals surface area contributed by atoms with Crippen LogP contribution in [0.4, 0.5) is 0 Å². The molecule has 5 atom stereocenters. The molecule has 0 radical (unpaired) electrons. The summed E-state index contributed by atoms with van der Waals surface area (Å²) in [6.45, 7) is 14.5. The number of aliphatic imine (C=N–C) groups is 1. The Balaban J connectivity index is 1.05. The first kappa shape index (κ1) is 31.3. The fourth-order valence-corrected chi connectivity index (χ4v) is 11.1. The van der Waals surface area contributed by atoms with Gasteiger partial charge in [-0.2, -0.15) is 0 Å². The molecule has 0 bridgehead atoms. The highest BCUT2D eigenvalue weighted by molar-refractivity contribution is 6.04. The Morgan fingerprint density at radius 1 is 0.824 bits per heavy atom. The molecule has 0 saturated carbocycles. The van der Waals surface area contributed by atoms with E-state index in [-0.39, 0.29) is 28.6 Å². The zero-order valence-corrected chi connectivity index (χ0v) is 30.9.